The molecule has 0 saturated carbocycles. The summed E-state index contributed by atoms with van der Waals surface area (Å²) in [5.41, 5.74) is 6.79. The smallest absolute Gasteiger partial charge is 0.127 e. The second-order valence-electron chi connectivity index (χ2n) is 4.47. The Morgan fingerprint density at radius 2 is 1.94 bits per heavy atom. The van der Waals surface area contributed by atoms with Crippen LogP contribution >= 0.6 is 12.4 Å². The third-order valence-electron chi connectivity index (χ3n) is 2.69. The molecule has 0 radical (unpaired) electrons. The van der Waals surface area contributed by atoms with E-state index in [1.165, 1.54) is 0 Å². The Balaban J connectivity index is 0.00000256. The maximum Gasteiger partial charge on any atom is 0.127 e. The predicted octanol–water partition coefficient (Wildman–Crippen LogP) is 3.26. The van der Waals surface area contributed by atoms with Gasteiger partial charge in [-0.2, -0.15) is 0 Å². The maximum atomic E-state index is 9.80. The molecule has 1 aromatic rings. The minimum absolute atomic E-state index is 0. The summed E-state index contributed by atoms with van der Waals surface area (Å²) in [5, 5.41) is 9.80. The minimum atomic E-state index is -0.168. The van der Waals surface area contributed by atoms with Crippen LogP contribution in [0.3, 0.4) is 0 Å². The molecule has 3 nitrogen and oxygen atoms in total. The highest BCUT2D eigenvalue weighted by Gasteiger charge is 2.16. The van der Waals surface area contributed by atoms with Crippen LogP contribution in [0.5, 0.6) is 11.5 Å². The van der Waals surface area contributed by atoms with Gasteiger partial charge in [-0.15, -0.1) is 12.4 Å². The van der Waals surface area contributed by atoms with Crippen LogP contribution in [0.25, 0.3) is 0 Å². The monoisotopic (exact) mass is 259 g/mol. The molecule has 0 bridgehead atoms. The summed E-state index contributed by atoms with van der Waals surface area (Å²) >= 11 is 0. The Bertz CT molecular complexity index is 342. The van der Waals surface area contributed by atoms with Crippen LogP contribution in [0.15, 0.2) is 18.2 Å². The third kappa shape index (κ3) is 4.44. The number of benzene rings is 1. The fourth-order valence-electron chi connectivity index (χ4n) is 1.74. The molecule has 4 heteroatoms. The first-order chi connectivity index (χ1) is 7.56. The summed E-state index contributed by atoms with van der Waals surface area (Å²) in [7, 11) is 1.59. The summed E-state index contributed by atoms with van der Waals surface area (Å²) in [6, 6.07) is 5.06. The topological polar surface area (TPSA) is 55.5 Å². The lowest BCUT2D eigenvalue weighted by Gasteiger charge is -2.17. The summed E-state index contributed by atoms with van der Waals surface area (Å²) < 4.78 is 5.21. The van der Waals surface area contributed by atoms with Gasteiger partial charge in [-0.05, 0) is 30.9 Å². The summed E-state index contributed by atoms with van der Waals surface area (Å²) in [5.74, 6) is 1.50. The molecule has 17 heavy (non-hydrogen) atoms. The molecule has 0 aliphatic heterocycles. The van der Waals surface area contributed by atoms with Gasteiger partial charge in [-0.25, -0.2) is 0 Å². The Hall–Kier alpha value is -0.930. The van der Waals surface area contributed by atoms with E-state index in [1.54, 1.807) is 19.2 Å². The van der Waals surface area contributed by atoms with Crippen LogP contribution in [-0.2, 0) is 0 Å². The highest BCUT2D eigenvalue weighted by Crippen LogP contribution is 2.34. The van der Waals surface area contributed by atoms with Gasteiger partial charge in [0.2, 0.25) is 0 Å². The molecule has 0 heterocycles. The predicted molar refractivity (Wildman–Crippen MR) is 72.9 cm³/mol. The summed E-state index contributed by atoms with van der Waals surface area (Å²) in [6.07, 6.45) is 1.89. The lowest BCUT2D eigenvalue weighted by molar-refractivity contribution is 0.387. The molecule has 0 saturated heterocycles. The second kappa shape index (κ2) is 7.41. The van der Waals surface area contributed by atoms with Crippen molar-refractivity contribution in [3.8, 4) is 11.5 Å². The number of halogens is 1. The molecule has 0 unspecified atom stereocenters. The molecule has 3 N–H and O–H groups in total. The van der Waals surface area contributed by atoms with Crippen molar-refractivity contribution in [2.45, 2.75) is 32.7 Å². The van der Waals surface area contributed by atoms with Crippen LogP contribution in [0, 0.1) is 5.92 Å². The number of nitrogens with two attached hydrogens (primary N) is 1. The lowest BCUT2D eigenvalue weighted by Crippen LogP contribution is -2.12. The Labute approximate surface area is 109 Å². The Morgan fingerprint density at radius 3 is 2.47 bits per heavy atom. The van der Waals surface area contributed by atoms with Gasteiger partial charge in [-0.1, -0.05) is 19.9 Å². The molecule has 0 amide bonds. The van der Waals surface area contributed by atoms with Crippen LogP contribution in [0.4, 0.5) is 0 Å². The van der Waals surface area contributed by atoms with E-state index in [0.717, 1.165) is 12.8 Å². The molecule has 0 spiro atoms. The summed E-state index contributed by atoms with van der Waals surface area (Å²) in [6.45, 7) is 4.32. The second-order valence-corrected chi connectivity index (χ2v) is 4.47. The highest BCUT2D eigenvalue weighted by atomic mass is 35.5. The van der Waals surface area contributed by atoms with E-state index in [1.807, 2.05) is 6.07 Å². The average molecular weight is 260 g/mol. The van der Waals surface area contributed by atoms with Crippen molar-refractivity contribution in [3.05, 3.63) is 23.8 Å². The Kier molecular flexibility index (Phi) is 7.00. The SMILES string of the molecule is COc1cccc(O)c1[C@@H](N)CCC(C)C.Cl. The Morgan fingerprint density at radius 1 is 1.29 bits per heavy atom. The van der Waals surface area contributed by atoms with Crippen molar-refractivity contribution < 1.29 is 9.84 Å². The van der Waals surface area contributed by atoms with Gasteiger partial charge in [0.1, 0.15) is 11.5 Å². The number of phenols is 1. The van der Waals surface area contributed by atoms with Crippen LogP contribution in [0.2, 0.25) is 0 Å². The zero-order valence-corrected chi connectivity index (χ0v) is 11.5. The van der Waals surface area contributed by atoms with Crippen molar-refractivity contribution in [1.82, 2.24) is 0 Å². The minimum Gasteiger partial charge on any atom is -0.507 e. The fraction of sp³-hybridized carbons (Fsp3) is 0.538. The van der Waals surface area contributed by atoms with Gasteiger partial charge >= 0.3 is 0 Å². The average Bonchev–Trinajstić information content (AvgIpc) is 2.25. The first-order valence-electron chi connectivity index (χ1n) is 5.67. The van der Waals surface area contributed by atoms with Crippen molar-refractivity contribution >= 4 is 12.4 Å². The molecule has 1 aromatic carbocycles. The largest absolute Gasteiger partial charge is 0.507 e. The van der Waals surface area contributed by atoms with Crippen LogP contribution < -0.4 is 10.5 Å². The number of ether oxygens (including phenoxy) is 1. The molecule has 1 atom stereocenters. The van der Waals surface area contributed by atoms with Gasteiger partial charge in [0.05, 0.1) is 12.7 Å². The highest BCUT2D eigenvalue weighted by molar-refractivity contribution is 5.85. The van der Waals surface area contributed by atoms with E-state index in [2.05, 4.69) is 13.8 Å². The van der Waals surface area contributed by atoms with Gasteiger partial charge in [0.15, 0.2) is 0 Å². The number of aromatic hydroxyl groups is 1. The molecule has 0 fully saturated rings. The quantitative estimate of drug-likeness (QED) is 0.853. The summed E-state index contributed by atoms with van der Waals surface area (Å²) in [4.78, 5) is 0. The zero-order chi connectivity index (χ0) is 12.1. The van der Waals surface area contributed by atoms with Crippen molar-refractivity contribution in [2.75, 3.05) is 7.11 Å². The van der Waals surface area contributed by atoms with E-state index in [4.69, 9.17) is 10.5 Å². The zero-order valence-electron chi connectivity index (χ0n) is 10.6. The molecule has 0 aliphatic carbocycles. The number of hydrogen-bond acceptors (Lipinski definition) is 3. The van der Waals surface area contributed by atoms with E-state index < -0.39 is 0 Å². The molecule has 0 aliphatic rings. The molecular weight excluding hydrogens is 238 g/mol. The molecule has 1 rings (SSSR count). The number of methoxy groups -OCH3 is 1. The number of rotatable bonds is 5. The number of hydrogen-bond donors (Lipinski definition) is 2. The fourth-order valence-corrected chi connectivity index (χ4v) is 1.74. The van der Waals surface area contributed by atoms with Crippen LogP contribution in [0.1, 0.15) is 38.3 Å². The lowest BCUT2D eigenvalue weighted by atomic mass is 9.97. The van der Waals surface area contributed by atoms with Crippen molar-refractivity contribution in [3.63, 3.8) is 0 Å². The van der Waals surface area contributed by atoms with Gasteiger partial charge in [0.25, 0.3) is 0 Å². The van der Waals surface area contributed by atoms with Gasteiger partial charge in [-0.3, -0.25) is 0 Å². The van der Waals surface area contributed by atoms with E-state index in [0.29, 0.717) is 17.2 Å². The van der Waals surface area contributed by atoms with Gasteiger partial charge < -0.3 is 15.6 Å². The first-order valence-corrected chi connectivity index (χ1v) is 5.67. The van der Waals surface area contributed by atoms with Crippen LogP contribution in [-0.4, -0.2) is 12.2 Å². The maximum absolute atomic E-state index is 9.80. The first kappa shape index (κ1) is 16.1. The standard InChI is InChI=1S/C13H21NO2.ClH/c1-9(2)7-8-10(14)13-11(15)5-4-6-12(13)16-3;/h4-6,9-10,15H,7-8,14H2,1-3H3;1H/t10-;/m0./s1. The van der Waals surface area contributed by atoms with Crippen molar-refractivity contribution in [2.24, 2.45) is 11.7 Å². The molecule has 98 valence electrons. The van der Waals surface area contributed by atoms with E-state index in [-0.39, 0.29) is 24.2 Å². The number of phenolic OH excluding ortho intramolecular Hbond substituents is 1. The normalized spacial score (nSPS) is 12.1. The molecular formula is C13H22ClNO2. The van der Waals surface area contributed by atoms with Gasteiger partial charge in [0, 0.05) is 6.04 Å². The van der Waals surface area contributed by atoms with E-state index in [9.17, 15) is 5.11 Å². The van der Waals surface area contributed by atoms with E-state index >= 15 is 0 Å². The van der Waals surface area contributed by atoms with Crippen molar-refractivity contribution in [1.29, 1.82) is 0 Å². The molecule has 0 aromatic heterocycles. The third-order valence-corrected chi connectivity index (χ3v) is 2.69.